The summed E-state index contributed by atoms with van der Waals surface area (Å²) in [5.41, 5.74) is 3.26. The average Bonchev–Trinajstić information content (AvgIpc) is 3.00. The van der Waals surface area contributed by atoms with E-state index >= 15 is 0 Å². The molecular formula is C27H32ClN5OS. The van der Waals surface area contributed by atoms with Crippen LogP contribution in [0.5, 0.6) is 0 Å². The van der Waals surface area contributed by atoms with Crippen molar-refractivity contribution in [1.29, 1.82) is 0 Å². The molecule has 6 nitrogen and oxygen atoms in total. The number of fused-ring (bicyclic) bond motifs is 1. The van der Waals surface area contributed by atoms with Gasteiger partial charge in [-0.05, 0) is 69.2 Å². The molecule has 1 amide bonds. The fourth-order valence-electron chi connectivity index (χ4n) is 5.39. The Hall–Kier alpha value is -2.48. The fourth-order valence-corrected chi connectivity index (χ4v) is 5.86. The minimum absolute atomic E-state index is 0.148. The molecule has 1 unspecified atom stereocenters. The van der Waals surface area contributed by atoms with Crippen LogP contribution in [0.1, 0.15) is 43.2 Å². The summed E-state index contributed by atoms with van der Waals surface area (Å²) in [5.74, 6) is -0.148. The van der Waals surface area contributed by atoms with Crippen LogP contribution in [0.25, 0.3) is 0 Å². The number of likely N-dealkylation sites (tertiary alicyclic amines) is 2. The van der Waals surface area contributed by atoms with Crippen LogP contribution in [0.4, 0.5) is 5.69 Å². The molecule has 2 saturated heterocycles. The first kappa shape index (κ1) is 24.2. The summed E-state index contributed by atoms with van der Waals surface area (Å²) in [6, 6.07) is 16.1. The third-order valence-corrected chi connectivity index (χ3v) is 7.98. The van der Waals surface area contributed by atoms with Crippen LogP contribution in [0, 0.1) is 0 Å². The van der Waals surface area contributed by atoms with Gasteiger partial charge in [-0.2, -0.15) is 0 Å². The number of piperidine rings is 2. The summed E-state index contributed by atoms with van der Waals surface area (Å²) in [4.78, 5) is 24.9. The number of anilines is 1. The van der Waals surface area contributed by atoms with Gasteiger partial charge in [0.05, 0.1) is 11.4 Å². The number of nitrogens with zero attached hydrogens (tertiary/aromatic N) is 4. The number of likely N-dealkylation sites (N-methyl/N-ethyl adjacent to an activating group) is 1. The summed E-state index contributed by atoms with van der Waals surface area (Å²) in [5, 5.41) is 4.48. The number of nitrogens with one attached hydrogen (secondary N) is 1. The van der Waals surface area contributed by atoms with Gasteiger partial charge in [0.25, 0.3) is 5.91 Å². The Labute approximate surface area is 217 Å². The van der Waals surface area contributed by atoms with E-state index in [2.05, 4.69) is 15.1 Å². The molecule has 1 atom stereocenters. The van der Waals surface area contributed by atoms with E-state index in [4.69, 9.17) is 28.8 Å². The average molecular weight is 510 g/mol. The van der Waals surface area contributed by atoms with Gasteiger partial charge >= 0.3 is 0 Å². The first-order valence-electron chi connectivity index (χ1n) is 12.5. The zero-order chi connectivity index (χ0) is 24.4. The normalized spacial score (nSPS) is 21.8. The summed E-state index contributed by atoms with van der Waals surface area (Å²) >= 11 is 12.1. The van der Waals surface area contributed by atoms with E-state index < -0.39 is 6.17 Å². The van der Waals surface area contributed by atoms with Crippen molar-refractivity contribution in [1.82, 2.24) is 15.1 Å². The largest absolute Gasteiger partial charge is 0.349 e. The number of carbonyl (C=O) groups is 1. The number of halogens is 1. The van der Waals surface area contributed by atoms with Gasteiger partial charge < -0.3 is 20.0 Å². The minimum Gasteiger partial charge on any atom is -0.349 e. The van der Waals surface area contributed by atoms with E-state index in [1.807, 2.05) is 42.5 Å². The molecule has 2 aromatic rings. The first-order valence-corrected chi connectivity index (χ1v) is 13.3. The van der Waals surface area contributed by atoms with Gasteiger partial charge in [0.2, 0.25) is 6.17 Å². The number of aliphatic imine (C=N–C) groups is 1. The van der Waals surface area contributed by atoms with Crippen LogP contribution in [-0.4, -0.2) is 72.0 Å². The van der Waals surface area contributed by atoms with Crippen molar-refractivity contribution in [3.05, 3.63) is 64.7 Å². The van der Waals surface area contributed by atoms with Crippen LogP contribution in [-0.2, 0) is 4.79 Å². The number of rotatable bonds is 3. The van der Waals surface area contributed by atoms with Crippen LogP contribution in [0.15, 0.2) is 53.5 Å². The zero-order valence-electron chi connectivity index (χ0n) is 20.1. The highest BCUT2D eigenvalue weighted by molar-refractivity contribution is 7.80. The maximum Gasteiger partial charge on any atom is 0.272 e. The Morgan fingerprint density at radius 2 is 1.74 bits per heavy atom. The van der Waals surface area contributed by atoms with Crippen LogP contribution >= 0.6 is 23.8 Å². The predicted molar refractivity (Wildman–Crippen MR) is 146 cm³/mol. The lowest BCUT2D eigenvalue weighted by Gasteiger charge is -2.41. The number of benzodiazepines with no additional fused rings is 1. The lowest BCUT2D eigenvalue weighted by atomic mass is 10.0. The molecule has 8 heteroatoms. The molecule has 0 bridgehead atoms. The van der Waals surface area contributed by atoms with E-state index in [-0.39, 0.29) is 5.91 Å². The molecule has 3 heterocycles. The molecule has 0 aliphatic carbocycles. The predicted octanol–water partition coefficient (Wildman–Crippen LogP) is 4.30. The Morgan fingerprint density at radius 1 is 1.03 bits per heavy atom. The number of thiocarbonyl (C=S) groups is 1. The topological polar surface area (TPSA) is 51.2 Å². The maximum atomic E-state index is 13.5. The second-order valence-corrected chi connectivity index (χ2v) is 10.4. The number of amides is 1. The Bertz CT molecular complexity index is 1110. The van der Waals surface area contributed by atoms with Gasteiger partial charge in [0.1, 0.15) is 0 Å². The molecule has 184 valence electrons. The summed E-state index contributed by atoms with van der Waals surface area (Å²) in [7, 11) is 1.78. The van der Waals surface area contributed by atoms with Gasteiger partial charge in [0, 0.05) is 42.3 Å². The quantitative estimate of drug-likeness (QED) is 0.625. The second kappa shape index (κ2) is 10.6. The summed E-state index contributed by atoms with van der Waals surface area (Å²) in [6.07, 6.45) is 5.37. The number of benzene rings is 2. The maximum absolute atomic E-state index is 13.5. The van der Waals surface area contributed by atoms with Crippen molar-refractivity contribution in [3.8, 4) is 0 Å². The van der Waals surface area contributed by atoms with Crippen molar-refractivity contribution in [2.24, 2.45) is 4.99 Å². The van der Waals surface area contributed by atoms with Crippen molar-refractivity contribution in [2.75, 3.05) is 38.1 Å². The van der Waals surface area contributed by atoms with Crippen LogP contribution in [0.2, 0.25) is 5.02 Å². The molecule has 3 aliphatic rings. The molecule has 35 heavy (non-hydrogen) atoms. The van der Waals surface area contributed by atoms with E-state index in [1.165, 1.54) is 32.4 Å². The van der Waals surface area contributed by atoms with Crippen LogP contribution in [0.3, 0.4) is 0 Å². The van der Waals surface area contributed by atoms with Crippen molar-refractivity contribution >= 4 is 46.2 Å². The van der Waals surface area contributed by atoms with Gasteiger partial charge in [0.15, 0.2) is 5.11 Å². The smallest absolute Gasteiger partial charge is 0.272 e. The summed E-state index contributed by atoms with van der Waals surface area (Å²) in [6.45, 7) is 4.24. The molecular weight excluding hydrogens is 478 g/mol. The molecule has 3 aliphatic heterocycles. The lowest BCUT2D eigenvalue weighted by molar-refractivity contribution is -0.119. The number of carbonyl (C=O) groups excluding carboxylic acids is 1. The Morgan fingerprint density at radius 3 is 2.46 bits per heavy atom. The Balaban J connectivity index is 1.36. The molecule has 2 fully saturated rings. The van der Waals surface area contributed by atoms with Crippen molar-refractivity contribution < 1.29 is 4.79 Å². The highest BCUT2D eigenvalue weighted by atomic mass is 35.5. The minimum atomic E-state index is -0.811. The van der Waals surface area contributed by atoms with E-state index in [1.54, 1.807) is 18.0 Å². The lowest BCUT2D eigenvalue weighted by Crippen LogP contribution is -2.54. The SMILES string of the molecule is CN1C(=O)C(NC(=S)N2CCC(N3CCCCC3)CC2)N=C(c2ccccc2)c2cc(Cl)ccc21. The number of hydrogen-bond donors (Lipinski definition) is 1. The highest BCUT2D eigenvalue weighted by Crippen LogP contribution is 2.30. The van der Waals surface area contributed by atoms with Crippen molar-refractivity contribution in [3.63, 3.8) is 0 Å². The van der Waals surface area contributed by atoms with Gasteiger partial charge in [-0.3, -0.25) is 4.79 Å². The monoisotopic (exact) mass is 509 g/mol. The Kier molecular flexibility index (Phi) is 7.37. The standard InChI is InChI=1S/C27H32ClN5OS/c1-31-23-11-10-20(28)18-22(23)24(19-8-4-2-5-9-19)29-25(26(31)34)30-27(35)33-16-12-21(13-17-33)32-14-6-3-7-15-32/h2,4-5,8-11,18,21,25H,3,6-7,12-17H2,1H3,(H,30,35). The molecule has 0 radical (unpaired) electrons. The van der Waals surface area contributed by atoms with Crippen LogP contribution < -0.4 is 10.2 Å². The molecule has 0 spiro atoms. The van der Waals surface area contributed by atoms with E-state index in [0.717, 1.165) is 48.5 Å². The third-order valence-electron chi connectivity index (χ3n) is 7.36. The number of hydrogen-bond acceptors (Lipinski definition) is 4. The fraction of sp³-hybridized carbons (Fsp3) is 0.444. The highest BCUT2D eigenvalue weighted by Gasteiger charge is 2.32. The van der Waals surface area contributed by atoms with E-state index in [9.17, 15) is 4.79 Å². The first-order chi connectivity index (χ1) is 17.0. The second-order valence-electron chi connectivity index (χ2n) is 9.57. The van der Waals surface area contributed by atoms with Gasteiger partial charge in [-0.1, -0.05) is 48.4 Å². The summed E-state index contributed by atoms with van der Waals surface area (Å²) < 4.78 is 0. The molecule has 0 saturated carbocycles. The zero-order valence-corrected chi connectivity index (χ0v) is 21.7. The van der Waals surface area contributed by atoms with Gasteiger partial charge in [-0.15, -0.1) is 0 Å². The van der Waals surface area contributed by atoms with E-state index in [0.29, 0.717) is 16.2 Å². The molecule has 5 rings (SSSR count). The molecule has 0 aromatic heterocycles. The molecule has 1 N–H and O–H groups in total. The van der Waals surface area contributed by atoms with Gasteiger partial charge in [-0.25, -0.2) is 4.99 Å². The third kappa shape index (κ3) is 5.22. The molecule has 2 aromatic carbocycles. The van der Waals surface area contributed by atoms with Crippen molar-refractivity contribution in [2.45, 2.75) is 44.3 Å².